The summed E-state index contributed by atoms with van der Waals surface area (Å²) in [6, 6.07) is 19.0. The van der Waals surface area contributed by atoms with E-state index < -0.39 is 16.0 Å². The first-order valence-corrected chi connectivity index (χ1v) is 13.2. The van der Waals surface area contributed by atoms with Crippen LogP contribution in [0.1, 0.15) is 15.9 Å². The fourth-order valence-electron chi connectivity index (χ4n) is 4.39. The lowest BCUT2D eigenvalue weighted by molar-refractivity contribution is 0.0699. The number of nitrogens with one attached hydrogen (secondary N) is 1. The summed E-state index contributed by atoms with van der Waals surface area (Å²) in [6.07, 6.45) is 0. The summed E-state index contributed by atoms with van der Waals surface area (Å²) in [6.45, 7) is 4.45. The topological polar surface area (TPSA) is 103 Å². The molecule has 3 aromatic carbocycles. The van der Waals surface area contributed by atoms with Crippen molar-refractivity contribution in [1.82, 2.24) is 4.98 Å². The van der Waals surface area contributed by atoms with Gasteiger partial charge in [0.2, 0.25) is 0 Å². The lowest BCUT2D eigenvalue weighted by Crippen LogP contribution is -2.46. The van der Waals surface area contributed by atoms with E-state index in [1.807, 2.05) is 11.8 Å². The second-order valence-electron chi connectivity index (χ2n) is 8.93. The third-order valence-electron chi connectivity index (χ3n) is 6.40. The van der Waals surface area contributed by atoms with Crippen LogP contribution in [-0.2, 0) is 10.0 Å². The Kier molecular flexibility index (Phi) is 6.43. The average molecular weight is 521 g/mol. The van der Waals surface area contributed by atoms with E-state index in [0.717, 1.165) is 11.3 Å². The quantitative estimate of drug-likeness (QED) is 0.386. The Morgan fingerprint density at radius 1 is 0.919 bits per heavy atom. The predicted molar refractivity (Wildman–Crippen MR) is 142 cm³/mol. The number of sulfonamides is 1. The molecule has 2 N–H and O–H groups in total. The zero-order chi connectivity index (χ0) is 26.2. The molecule has 1 saturated heterocycles. The highest BCUT2D eigenvalue weighted by Gasteiger charge is 2.22. The molecule has 1 aliphatic rings. The van der Waals surface area contributed by atoms with Crippen molar-refractivity contribution in [1.29, 1.82) is 0 Å². The number of carbonyl (C=O) groups is 1. The van der Waals surface area contributed by atoms with Crippen molar-refractivity contribution in [2.24, 2.45) is 0 Å². The second-order valence-corrected chi connectivity index (χ2v) is 10.6. The van der Waals surface area contributed by atoms with Gasteiger partial charge in [0, 0.05) is 42.9 Å². The second kappa shape index (κ2) is 9.70. The molecule has 0 atom stereocenters. The van der Waals surface area contributed by atoms with Crippen molar-refractivity contribution in [3.05, 3.63) is 89.7 Å². The molecule has 1 aliphatic heterocycles. The predicted octanol–water partition coefficient (Wildman–Crippen LogP) is 4.51. The molecule has 190 valence electrons. The zero-order valence-electron chi connectivity index (χ0n) is 20.1. The number of hydrogen-bond donors (Lipinski definition) is 2. The Labute approximate surface area is 214 Å². The van der Waals surface area contributed by atoms with Crippen molar-refractivity contribution >= 4 is 44.1 Å². The first-order chi connectivity index (χ1) is 17.7. The maximum Gasteiger partial charge on any atom is 0.336 e. The molecular formula is C27H25FN4O4S. The first kappa shape index (κ1) is 24.5. The van der Waals surface area contributed by atoms with Gasteiger partial charge in [0.05, 0.1) is 16.0 Å². The number of benzene rings is 3. The molecule has 0 aliphatic carbocycles. The van der Waals surface area contributed by atoms with Gasteiger partial charge in [-0.05, 0) is 67.6 Å². The molecule has 0 amide bonds. The largest absolute Gasteiger partial charge is 0.478 e. The third-order valence-corrected chi connectivity index (χ3v) is 7.80. The van der Waals surface area contributed by atoms with Gasteiger partial charge in [-0.25, -0.2) is 22.6 Å². The Hall–Kier alpha value is -4.18. The van der Waals surface area contributed by atoms with Crippen LogP contribution >= 0.6 is 0 Å². The number of rotatable bonds is 6. The van der Waals surface area contributed by atoms with Crippen molar-refractivity contribution in [3.63, 3.8) is 0 Å². The van der Waals surface area contributed by atoms with Gasteiger partial charge in [0.15, 0.2) is 0 Å². The molecule has 1 aromatic heterocycles. The van der Waals surface area contributed by atoms with Crippen molar-refractivity contribution in [3.8, 4) is 0 Å². The van der Waals surface area contributed by atoms with Crippen LogP contribution in [0.5, 0.6) is 0 Å². The van der Waals surface area contributed by atoms with Gasteiger partial charge < -0.3 is 14.9 Å². The average Bonchev–Trinajstić information content (AvgIpc) is 2.88. The Balaban J connectivity index is 1.39. The Morgan fingerprint density at radius 2 is 1.57 bits per heavy atom. The molecule has 1 fully saturated rings. The van der Waals surface area contributed by atoms with Crippen LogP contribution in [0.2, 0.25) is 0 Å². The number of aromatic nitrogens is 1. The van der Waals surface area contributed by atoms with E-state index in [9.17, 15) is 22.7 Å². The number of pyridine rings is 1. The van der Waals surface area contributed by atoms with Crippen molar-refractivity contribution < 1.29 is 22.7 Å². The van der Waals surface area contributed by atoms with Gasteiger partial charge in [0.1, 0.15) is 11.6 Å². The minimum Gasteiger partial charge on any atom is -0.478 e. The van der Waals surface area contributed by atoms with E-state index in [4.69, 9.17) is 0 Å². The van der Waals surface area contributed by atoms with Gasteiger partial charge in [-0.2, -0.15) is 0 Å². The van der Waals surface area contributed by atoms with Crippen LogP contribution in [0, 0.1) is 12.7 Å². The molecule has 2 heterocycles. The molecular weight excluding hydrogens is 495 g/mol. The molecule has 4 aromatic rings. The summed E-state index contributed by atoms with van der Waals surface area (Å²) in [5, 5.41) is 10.3. The smallest absolute Gasteiger partial charge is 0.336 e. The monoisotopic (exact) mass is 520 g/mol. The number of carboxylic acids is 1. The molecule has 0 bridgehead atoms. The summed E-state index contributed by atoms with van der Waals surface area (Å²) in [7, 11) is -3.84. The number of carboxylic acid groups (broad SMARTS) is 1. The molecule has 5 rings (SSSR count). The number of piperazine rings is 1. The van der Waals surface area contributed by atoms with Crippen LogP contribution in [0.15, 0.2) is 77.7 Å². The van der Waals surface area contributed by atoms with Gasteiger partial charge in [-0.15, -0.1) is 0 Å². The Morgan fingerprint density at radius 3 is 2.22 bits per heavy atom. The number of fused-ring (bicyclic) bond motifs is 1. The van der Waals surface area contributed by atoms with Crippen LogP contribution in [-0.4, -0.2) is 50.7 Å². The van der Waals surface area contributed by atoms with E-state index in [2.05, 4.69) is 14.6 Å². The van der Waals surface area contributed by atoms with E-state index >= 15 is 0 Å². The molecule has 0 saturated carbocycles. The van der Waals surface area contributed by atoms with Crippen LogP contribution < -0.4 is 14.5 Å². The number of aromatic carboxylic acids is 1. The normalized spacial score (nSPS) is 14.1. The van der Waals surface area contributed by atoms with Crippen LogP contribution in [0.25, 0.3) is 10.9 Å². The molecule has 0 unspecified atom stereocenters. The van der Waals surface area contributed by atoms with E-state index in [-0.39, 0.29) is 22.0 Å². The van der Waals surface area contributed by atoms with Gasteiger partial charge in [-0.1, -0.05) is 17.7 Å². The standard InChI is InChI=1S/C27H25FN4O4S/c1-18-2-9-22(10-3-18)37(35,36)30-20-6-11-25-23(16-20)24(27(33)34)17-26(29-25)32-14-12-31(13-15-32)21-7-4-19(28)5-8-21/h2-11,16-17,30H,12-15H2,1H3,(H,33,34). The molecule has 10 heteroatoms. The molecule has 0 radical (unpaired) electrons. The number of anilines is 3. The maximum atomic E-state index is 13.2. The molecule has 0 spiro atoms. The summed E-state index contributed by atoms with van der Waals surface area (Å²) in [5.41, 5.74) is 2.61. The fraction of sp³-hybridized carbons (Fsp3) is 0.185. The minimum atomic E-state index is -3.84. The SMILES string of the molecule is Cc1ccc(S(=O)(=O)Nc2ccc3nc(N4CCN(c5ccc(F)cc5)CC4)cc(C(=O)O)c3c2)cc1. The van der Waals surface area contributed by atoms with E-state index in [1.54, 1.807) is 36.4 Å². The van der Waals surface area contributed by atoms with Gasteiger partial charge in [0.25, 0.3) is 10.0 Å². The summed E-state index contributed by atoms with van der Waals surface area (Å²) < 4.78 is 41.4. The summed E-state index contributed by atoms with van der Waals surface area (Å²) >= 11 is 0. The first-order valence-electron chi connectivity index (χ1n) is 11.7. The van der Waals surface area contributed by atoms with Crippen LogP contribution in [0.3, 0.4) is 0 Å². The van der Waals surface area contributed by atoms with E-state index in [1.165, 1.54) is 36.4 Å². The Bertz CT molecular complexity index is 1570. The van der Waals surface area contributed by atoms with Crippen LogP contribution in [0.4, 0.5) is 21.6 Å². The number of aryl methyl sites for hydroxylation is 1. The summed E-state index contributed by atoms with van der Waals surface area (Å²) in [4.78, 5) is 21.1. The van der Waals surface area contributed by atoms with Crippen molar-refractivity contribution in [2.75, 3.05) is 40.7 Å². The van der Waals surface area contributed by atoms with Gasteiger partial charge in [-0.3, -0.25) is 4.72 Å². The van der Waals surface area contributed by atoms with E-state index in [0.29, 0.717) is 42.9 Å². The lowest BCUT2D eigenvalue weighted by atomic mass is 10.1. The highest BCUT2D eigenvalue weighted by molar-refractivity contribution is 7.92. The van der Waals surface area contributed by atoms with Gasteiger partial charge >= 0.3 is 5.97 Å². The maximum absolute atomic E-state index is 13.2. The highest BCUT2D eigenvalue weighted by Crippen LogP contribution is 2.28. The number of nitrogens with zero attached hydrogens (tertiary/aromatic N) is 3. The molecule has 37 heavy (non-hydrogen) atoms. The summed E-state index contributed by atoms with van der Waals surface area (Å²) in [5.74, 6) is -0.871. The zero-order valence-corrected chi connectivity index (χ0v) is 20.9. The third kappa shape index (κ3) is 5.19. The number of hydrogen-bond acceptors (Lipinski definition) is 6. The number of halogens is 1. The molecule has 8 nitrogen and oxygen atoms in total. The lowest BCUT2D eigenvalue weighted by Gasteiger charge is -2.37. The minimum absolute atomic E-state index is 0.0392. The fourth-order valence-corrected chi connectivity index (χ4v) is 5.44. The highest BCUT2D eigenvalue weighted by atomic mass is 32.2. The van der Waals surface area contributed by atoms with Crippen molar-refractivity contribution in [2.45, 2.75) is 11.8 Å².